The number of benzene rings is 8. The van der Waals surface area contributed by atoms with Gasteiger partial charge in [0.05, 0.1) is 39.6 Å². The Hall–Kier alpha value is -9.06. The number of fused-ring (bicyclic) bond motifs is 4. The lowest BCUT2D eigenvalue weighted by molar-refractivity contribution is 0.502. The van der Waals surface area contributed by atoms with E-state index in [-0.39, 0.29) is 12.0 Å². The summed E-state index contributed by atoms with van der Waals surface area (Å²) in [6.45, 7) is 0. The van der Waals surface area contributed by atoms with Gasteiger partial charge in [0.1, 0.15) is 5.82 Å². The van der Waals surface area contributed by atoms with Gasteiger partial charge in [0, 0.05) is 22.9 Å². The van der Waals surface area contributed by atoms with E-state index in [2.05, 4.69) is 288 Å². The molecule has 0 saturated heterocycles. The largest absolute Gasteiger partial charge is 0.310 e. The zero-order chi connectivity index (χ0) is 49.8. The molecule has 9 aromatic rings. The Bertz CT molecular complexity index is 3660. The molecular weight excluding hydrogens is 911 g/mol. The molecule has 8 aromatic carbocycles. The molecule has 0 radical (unpaired) electrons. The Labute approximate surface area is 439 Å². The minimum absolute atomic E-state index is 0.0284. The molecule has 0 spiro atoms. The van der Waals surface area contributed by atoms with Gasteiger partial charge in [0.15, 0.2) is 5.82 Å². The summed E-state index contributed by atoms with van der Waals surface area (Å²) in [5.41, 5.74) is 17.1. The maximum absolute atomic E-state index is 5.47. The number of aromatic nitrogens is 3. The fourth-order valence-corrected chi connectivity index (χ4v) is 13.0. The SMILES string of the molecule is C1=CCC(n2nc(-c3ccc(N4c5ccccc5C(c5ccccc5)(c5ccccc5)c5ccccc54)cc3)nc2C2C=CC(N3c4ccccc4C(C4=CCCC=C4)(c4ccccc4)c4ccccc43)=CC2)C=C1. The molecule has 5 aliphatic rings. The zero-order valence-electron chi connectivity index (χ0n) is 41.7. The van der Waals surface area contributed by atoms with Crippen molar-refractivity contribution in [2.24, 2.45) is 0 Å². The minimum Gasteiger partial charge on any atom is -0.310 e. The summed E-state index contributed by atoms with van der Waals surface area (Å²) in [5, 5.41) is 5.37. The van der Waals surface area contributed by atoms with E-state index in [9.17, 15) is 0 Å². The van der Waals surface area contributed by atoms with E-state index in [0.717, 1.165) is 65.7 Å². The van der Waals surface area contributed by atoms with Crippen molar-refractivity contribution in [3.05, 3.63) is 329 Å². The lowest BCUT2D eigenvalue weighted by atomic mass is 9.61. The van der Waals surface area contributed by atoms with Crippen LogP contribution in [0.4, 0.5) is 28.4 Å². The molecule has 3 heterocycles. The smallest absolute Gasteiger partial charge is 0.181 e. The fraction of sp³-hybridized carbons (Fsp3) is 0.114. The first kappa shape index (κ1) is 44.6. The van der Waals surface area contributed by atoms with Crippen molar-refractivity contribution in [1.82, 2.24) is 14.8 Å². The third-order valence-corrected chi connectivity index (χ3v) is 16.2. The van der Waals surface area contributed by atoms with Gasteiger partial charge in [0.25, 0.3) is 0 Å². The lowest BCUT2D eigenvalue weighted by Crippen LogP contribution is -2.39. The molecule has 1 aromatic heterocycles. The summed E-state index contributed by atoms with van der Waals surface area (Å²) < 4.78 is 2.19. The van der Waals surface area contributed by atoms with Crippen molar-refractivity contribution in [3.63, 3.8) is 0 Å². The first-order valence-corrected chi connectivity index (χ1v) is 26.5. The Balaban J connectivity index is 0.821. The second-order valence-electron chi connectivity index (χ2n) is 20.2. The third kappa shape index (κ3) is 7.06. The van der Waals surface area contributed by atoms with Crippen LogP contribution in [0.1, 0.15) is 82.4 Å². The van der Waals surface area contributed by atoms with Crippen LogP contribution < -0.4 is 9.80 Å². The van der Waals surface area contributed by atoms with Gasteiger partial charge in [-0.05, 0) is 125 Å². The normalized spacial score (nSPS) is 18.6. The van der Waals surface area contributed by atoms with E-state index in [1.54, 1.807) is 0 Å². The predicted molar refractivity (Wildman–Crippen MR) is 306 cm³/mol. The van der Waals surface area contributed by atoms with E-state index in [4.69, 9.17) is 10.1 Å². The Morgan fingerprint density at radius 1 is 0.427 bits per heavy atom. The molecule has 0 amide bonds. The molecule has 2 aliphatic heterocycles. The second kappa shape index (κ2) is 18.5. The molecule has 3 aliphatic carbocycles. The van der Waals surface area contributed by atoms with Crippen LogP contribution in [0.2, 0.25) is 0 Å². The van der Waals surface area contributed by atoms with Crippen LogP contribution in [-0.2, 0) is 10.8 Å². The van der Waals surface area contributed by atoms with E-state index < -0.39 is 10.8 Å². The van der Waals surface area contributed by atoms with Gasteiger partial charge in [-0.25, -0.2) is 9.67 Å². The first-order chi connectivity index (χ1) is 37.2. The van der Waals surface area contributed by atoms with E-state index >= 15 is 0 Å². The number of hydrogen-bond donors (Lipinski definition) is 0. The standard InChI is InChI=1S/C70H55N5/c1-6-24-52(25-7-1)69(53-26-8-2-9-27-53)59-34-16-20-38-63(59)73(64-39-21-17-35-60(64)69)56-46-42-50(43-47-56)67-71-68(75(72-67)58-32-14-5-15-33-58)51-44-48-57(49-45-51)74-65-40-22-18-36-61(65)70(54-28-10-3-11-29-54,55-30-12-4-13-31-55)62-37-19-23-41-66(62)74/h1-3,5-12,14-32,34-44,46-49,51,58H,4,13,33,45H2. The summed E-state index contributed by atoms with van der Waals surface area (Å²) >= 11 is 0. The Morgan fingerprint density at radius 2 is 0.947 bits per heavy atom. The summed E-state index contributed by atoms with van der Waals surface area (Å²) in [5.74, 6) is 1.73. The molecule has 75 heavy (non-hydrogen) atoms. The number of allylic oxidation sites excluding steroid dienone is 11. The molecule has 0 saturated carbocycles. The fourth-order valence-electron chi connectivity index (χ4n) is 13.0. The third-order valence-electron chi connectivity index (χ3n) is 16.2. The van der Waals surface area contributed by atoms with E-state index in [1.807, 2.05) is 0 Å². The highest BCUT2D eigenvalue weighted by molar-refractivity contribution is 5.90. The van der Waals surface area contributed by atoms with Gasteiger partial charge >= 0.3 is 0 Å². The molecule has 14 rings (SSSR count). The highest BCUT2D eigenvalue weighted by Gasteiger charge is 2.48. The van der Waals surface area contributed by atoms with Gasteiger partial charge in [-0.15, -0.1) is 0 Å². The molecule has 2 atom stereocenters. The van der Waals surface area contributed by atoms with Gasteiger partial charge < -0.3 is 9.80 Å². The summed E-state index contributed by atoms with van der Waals surface area (Å²) in [4.78, 5) is 10.4. The molecule has 0 bridgehead atoms. The summed E-state index contributed by atoms with van der Waals surface area (Å²) in [7, 11) is 0. The van der Waals surface area contributed by atoms with Gasteiger partial charge in [-0.1, -0.05) is 218 Å². The average molecular weight is 966 g/mol. The molecule has 0 fully saturated rings. The van der Waals surface area contributed by atoms with Crippen molar-refractivity contribution in [1.29, 1.82) is 0 Å². The predicted octanol–water partition coefficient (Wildman–Crippen LogP) is 16.9. The van der Waals surface area contributed by atoms with Crippen molar-refractivity contribution in [2.45, 2.75) is 48.5 Å². The summed E-state index contributed by atoms with van der Waals surface area (Å²) in [6.07, 6.45) is 26.8. The molecule has 0 N–H and O–H groups in total. The molecule has 360 valence electrons. The average Bonchev–Trinajstić information content (AvgIpc) is 3.96. The second-order valence-corrected chi connectivity index (χ2v) is 20.2. The Kier molecular flexibility index (Phi) is 11.0. The van der Waals surface area contributed by atoms with Crippen LogP contribution in [0.5, 0.6) is 0 Å². The monoisotopic (exact) mass is 965 g/mol. The number of para-hydroxylation sites is 4. The number of anilines is 5. The zero-order valence-corrected chi connectivity index (χ0v) is 41.7. The molecular formula is C70H55N5. The van der Waals surface area contributed by atoms with Crippen molar-refractivity contribution in [2.75, 3.05) is 9.80 Å². The first-order valence-electron chi connectivity index (χ1n) is 26.5. The van der Waals surface area contributed by atoms with Gasteiger partial charge in [-0.3, -0.25) is 0 Å². The van der Waals surface area contributed by atoms with Crippen molar-refractivity contribution >= 4 is 28.4 Å². The van der Waals surface area contributed by atoms with Crippen LogP contribution in [0.15, 0.2) is 284 Å². The molecule has 2 unspecified atom stereocenters. The minimum atomic E-state index is -0.521. The van der Waals surface area contributed by atoms with Crippen LogP contribution in [-0.4, -0.2) is 14.8 Å². The van der Waals surface area contributed by atoms with Gasteiger partial charge in [0.2, 0.25) is 0 Å². The Morgan fingerprint density at radius 3 is 1.45 bits per heavy atom. The number of rotatable bonds is 9. The van der Waals surface area contributed by atoms with Crippen LogP contribution >= 0.6 is 0 Å². The topological polar surface area (TPSA) is 37.2 Å². The summed E-state index contributed by atoms with van der Waals surface area (Å²) in [6, 6.07) is 78.0. The van der Waals surface area contributed by atoms with E-state index in [1.165, 1.54) is 55.9 Å². The van der Waals surface area contributed by atoms with Gasteiger partial charge in [-0.2, -0.15) is 5.10 Å². The van der Waals surface area contributed by atoms with Crippen molar-refractivity contribution < 1.29 is 0 Å². The van der Waals surface area contributed by atoms with E-state index in [0.29, 0.717) is 0 Å². The van der Waals surface area contributed by atoms with Crippen molar-refractivity contribution in [3.8, 4) is 11.4 Å². The molecule has 5 heteroatoms. The lowest BCUT2D eigenvalue weighted by Gasteiger charge is -2.47. The van der Waals surface area contributed by atoms with Crippen LogP contribution in [0.3, 0.4) is 0 Å². The highest BCUT2D eigenvalue weighted by Crippen LogP contribution is 2.59. The van der Waals surface area contributed by atoms with Crippen LogP contribution in [0, 0.1) is 0 Å². The maximum atomic E-state index is 5.47. The number of nitrogens with zero attached hydrogens (tertiary/aromatic N) is 5. The quantitative estimate of drug-likeness (QED) is 0.144. The number of hydrogen-bond acceptors (Lipinski definition) is 4. The van der Waals surface area contributed by atoms with Crippen LogP contribution in [0.25, 0.3) is 11.4 Å². The maximum Gasteiger partial charge on any atom is 0.181 e. The molecule has 5 nitrogen and oxygen atoms in total. The highest BCUT2D eigenvalue weighted by atomic mass is 15.4.